The van der Waals surface area contributed by atoms with Crippen LogP contribution in [0.5, 0.6) is 0 Å². The third-order valence-corrected chi connectivity index (χ3v) is 11.8. The first-order chi connectivity index (χ1) is 17.7. The molecule has 0 aromatic heterocycles. The molecule has 4 rings (SSSR count). The second kappa shape index (κ2) is 10.1. The Morgan fingerprint density at radius 3 is 2.42 bits per heavy atom. The van der Waals surface area contributed by atoms with Crippen molar-refractivity contribution in [3.8, 4) is 0 Å². The van der Waals surface area contributed by atoms with Crippen molar-refractivity contribution in [3.63, 3.8) is 0 Å². The van der Waals surface area contributed by atoms with E-state index >= 15 is 0 Å². The summed E-state index contributed by atoms with van der Waals surface area (Å²) >= 11 is 0. The molecule has 0 amide bonds. The van der Waals surface area contributed by atoms with E-state index in [-0.39, 0.29) is 17.7 Å². The van der Waals surface area contributed by atoms with Crippen molar-refractivity contribution < 1.29 is 27.4 Å². The molecule has 2 aliphatic rings. The molecular weight excluding hydrogens is 516 g/mol. The highest BCUT2D eigenvalue weighted by Gasteiger charge is 2.40. The predicted octanol–water partition coefficient (Wildman–Crippen LogP) is 3.54. The normalized spacial score (nSPS) is 17.5. The zero-order valence-electron chi connectivity index (χ0n) is 22.7. The first kappa shape index (κ1) is 27.8. The van der Waals surface area contributed by atoms with Gasteiger partial charge in [0.25, 0.3) is 0 Å². The quantitative estimate of drug-likeness (QED) is 0.322. The largest absolute Gasteiger partial charge is 0.748 e. The lowest BCUT2D eigenvalue weighted by molar-refractivity contribution is -0.495. The van der Waals surface area contributed by atoms with Crippen LogP contribution in [0.3, 0.4) is 0 Å². The van der Waals surface area contributed by atoms with Gasteiger partial charge in [0.05, 0.1) is 15.7 Å². The van der Waals surface area contributed by atoms with Gasteiger partial charge >= 0.3 is 5.97 Å². The Morgan fingerprint density at radius 2 is 1.79 bits per heavy atom. The van der Waals surface area contributed by atoms with Crippen LogP contribution in [0.25, 0.3) is 5.57 Å². The van der Waals surface area contributed by atoms with E-state index in [1.54, 1.807) is 12.1 Å². The summed E-state index contributed by atoms with van der Waals surface area (Å²) in [5.41, 5.74) is 7.46. The third kappa shape index (κ3) is 5.32. The first-order valence-electron chi connectivity index (χ1n) is 12.5. The molecule has 0 fully saturated rings. The molecule has 0 unspecified atom stereocenters. The minimum absolute atomic E-state index is 0.248. The van der Waals surface area contributed by atoms with Crippen LogP contribution in [-0.2, 0) is 10.1 Å². The second-order valence-electron chi connectivity index (χ2n) is 10.7. The number of nitrogens with zero attached hydrogens (tertiary/aromatic N) is 2. The fourth-order valence-electron chi connectivity index (χ4n) is 5.26. The number of carbonyl (C=O) groups is 1. The van der Waals surface area contributed by atoms with E-state index in [1.165, 1.54) is 10.4 Å². The monoisotopic (exact) mass is 550 g/mol. The molecule has 200 valence electrons. The van der Waals surface area contributed by atoms with E-state index in [0.717, 1.165) is 39.2 Å². The van der Waals surface area contributed by atoms with Crippen molar-refractivity contribution in [3.05, 3.63) is 87.6 Å². The molecule has 0 saturated carbocycles. The van der Waals surface area contributed by atoms with Gasteiger partial charge in [-0.05, 0) is 75.5 Å². The van der Waals surface area contributed by atoms with Crippen LogP contribution in [0, 0.1) is 6.92 Å². The Balaban J connectivity index is 1.96. The SMILES string of the molecule is Cc1ccc(C(=O)O)cc1C1=C2C=C/C(=[N+](/C)CCCS(=O)(=O)[O-])C=C2[Si](C)(C)c2cc(N(C)C)ccc21. The van der Waals surface area contributed by atoms with Crippen LogP contribution in [0.4, 0.5) is 5.69 Å². The average Bonchev–Trinajstić information content (AvgIpc) is 2.83. The summed E-state index contributed by atoms with van der Waals surface area (Å²) < 4.78 is 35.2. The highest BCUT2D eigenvalue weighted by molar-refractivity contribution is 7.85. The molecule has 1 heterocycles. The molecule has 1 aliphatic carbocycles. The molecule has 0 radical (unpaired) electrons. The summed E-state index contributed by atoms with van der Waals surface area (Å²) in [7, 11) is -0.517. The summed E-state index contributed by atoms with van der Waals surface area (Å²) in [6.45, 7) is 7.11. The van der Waals surface area contributed by atoms with Crippen molar-refractivity contribution in [1.82, 2.24) is 0 Å². The number of allylic oxidation sites excluding steroid dienone is 5. The van der Waals surface area contributed by atoms with E-state index in [0.29, 0.717) is 6.54 Å². The summed E-state index contributed by atoms with van der Waals surface area (Å²) in [5, 5.41) is 12.2. The Hall–Kier alpha value is -3.27. The smallest absolute Gasteiger partial charge is 0.335 e. The number of aromatic carboxylic acids is 1. The number of rotatable bonds is 7. The van der Waals surface area contributed by atoms with Crippen molar-refractivity contribution in [1.29, 1.82) is 0 Å². The number of benzene rings is 2. The minimum Gasteiger partial charge on any atom is -0.748 e. The van der Waals surface area contributed by atoms with Crippen LogP contribution in [-0.4, -0.2) is 75.8 Å². The van der Waals surface area contributed by atoms with Gasteiger partial charge in [-0.1, -0.05) is 25.2 Å². The molecular formula is C29H34N2O5SSi. The molecule has 0 saturated heterocycles. The minimum atomic E-state index is -4.25. The summed E-state index contributed by atoms with van der Waals surface area (Å²) in [6.07, 6.45) is 6.57. The van der Waals surface area contributed by atoms with Crippen molar-refractivity contribution in [2.24, 2.45) is 0 Å². The number of fused-ring (bicyclic) bond motifs is 2. The third-order valence-electron chi connectivity index (χ3n) is 7.49. The highest BCUT2D eigenvalue weighted by atomic mass is 32.2. The highest BCUT2D eigenvalue weighted by Crippen LogP contribution is 2.42. The lowest BCUT2D eigenvalue weighted by atomic mass is 9.86. The van der Waals surface area contributed by atoms with E-state index in [4.69, 9.17) is 0 Å². The van der Waals surface area contributed by atoms with Gasteiger partial charge in [-0.15, -0.1) is 0 Å². The average molecular weight is 551 g/mol. The van der Waals surface area contributed by atoms with E-state index in [2.05, 4.69) is 48.3 Å². The standard InChI is InChI=1S/C29H34N2O5SSi/c1-19-8-9-20(29(32)33)16-25(19)28-23-12-10-21(30(2)3)17-26(23)38(5,6)27-18-22(11-13-24(27)28)31(4)14-7-15-37(34,35)36/h8-13,16-18H,7,14-15H2,1-6H3,(H-,32,33,34,35,36). The van der Waals surface area contributed by atoms with Crippen LogP contribution in [0.15, 0.2) is 65.4 Å². The van der Waals surface area contributed by atoms with Gasteiger partial charge in [-0.2, -0.15) is 0 Å². The zero-order chi connectivity index (χ0) is 28.0. The number of hydrogen-bond donors (Lipinski definition) is 1. The number of carboxylic acids is 1. The number of carboxylic acid groups (broad SMARTS) is 1. The molecule has 38 heavy (non-hydrogen) atoms. The van der Waals surface area contributed by atoms with Crippen molar-refractivity contribution >= 4 is 46.3 Å². The van der Waals surface area contributed by atoms with Crippen LogP contribution in [0.1, 0.15) is 33.5 Å². The molecule has 7 nitrogen and oxygen atoms in total. The Bertz CT molecular complexity index is 1560. The van der Waals surface area contributed by atoms with Gasteiger partial charge in [0.1, 0.15) is 21.7 Å². The fraction of sp³-hybridized carbons (Fsp3) is 0.310. The van der Waals surface area contributed by atoms with Gasteiger partial charge in [-0.3, -0.25) is 0 Å². The molecule has 1 N–H and O–H groups in total. The fourth-order valence-corrected chi connectivity index (χ4v) is 8.82. The van der Waals surface area contributed by atoms with Crippen LogP contribution < -0.4 is 10.1 Å². The maximum absolute atomic E-state index is 11.9. The van der Waals surface area contributed by atoms with Gasteiger partial charge in [0.15, 0.2) is 5.71 Å². The van der Waals surface area contributed by atoms with Crippen molar-refractivity contribution in [2.75, 3.05) is 38.3 Å². The number of hydrogen-bond acceptors (Lipinski definition) is 5. The summed E-state index contributed by atoms with van der Waals surface area (Å²) in [5.74, 6) is -1.35. The molecule has 2 aromatic rings. The van der Waals surface area contributed by atoms with Crippen molar-refractivity contribution in [2.45, 2.75) is 26.4 Å². The van der Waals surface area contributed by atoms with Gasteiger partial charge in [-0.25, -0.2) is 17.8 Å². The zero-order valence-corrected chi connectivity index (χ0v) is 24.5. The maximum atomic E-state index is 11.9. The van der Waals surface area contributed by atoms with E-state index < -0.39 is 24.2 Å². The Labute approximate surface area is 225 Å². The molecule has 0 spiro atoms. The molecule has 2 aromatic carbocycles. The van der Waals surface area contributed by atoms with Gasteiger partial charge in [0, 0.05) is 44.1 Å². The van der Waals surface area contributed by atoms with Gasteiger partial charge < -0.3 is 14.6 Å². The van der Waals surface area contributed by atoms with E-state index in [9.17, 15) is 22.9 Å². The number of aryl methyl sites for hydroxylation is 1. The van der Waals surface area contributed by atoms with Crippen LogP contribution in [0.2, 0.25) is 13.1 Å². The molecule has 1 aliphatic heterocycles. The number of anilines is 1. The van der Waals surface area contributed by atoms with Crippen LogP contribution >= 0.6 is 0 Å². The van der Waals surface area contributed by atoms with Gasteiger partial charge in [0.2, 0.25) is 0 Å². The maximum Gasteiger partial charge on any atom is 0.335 e. The Morgan fingerprint density at radius 1 is 1.08 bits per heavy atom. The topological polar surface area (TPSA) is 101 Å². The summed E-state index contributed by atoms with van der Waals surface area (Å²) in [6, 6.07) is 11.8. The predicted molar refractivity (Wildman–Crippen MR) is 155 cm³/mol. The molecule has 0 bridgehead atoms. The molecule has 0 atom stereocenters. The summed E-state index contributed by atoms with van der Waals surface area (Å²) in [4.78, 5) is 13.9. The lowest BCUT2D eigenvalue weighted by Gasteiger charge is -2.38. The second-order valence-corrected chi connectivity index (χ2v) is 16.6. The Kier molecular flexibility index (Phi) is 7.40. The lowest BCUT2D eigenvalue weighted by Crippen LogP contribution is -2.49. The molecule has 9 heteroatoms. The van der Waals surface area contributed by atoms with E-state index in [1.807, 2.05) is 44.8 Å². The first-order valence-corrected chi connectivity index (χ1v) is 17.1.